The Morgan fingerprint density at radius 1 is 1.19 bits per heavy atom. The van der Waals surface area contributed by atoms with Crippen molar-refractivity contribution in [3.05, 3.63) is 23.8 Å². The first-order chi connectivity index (χ1) is 10.1. The normalized spacial score (nSPS) is 13.8. The van der Waals surface area contributed by atoms with Crippen LogP contribution < -0.4 is 15.2 Å². The summed E-state index contributed by atoms with van der Waals surface area (Å²) < 4.78 is 21.1. The van der Waals surface area contributed by atoms with Crippen LogP contribution in [0.4, 0.5) is 0 Å². The molecule has 0 aliphatic rings. The minimum Gasteiger partial charge on any atom is -0.497 e. The number of aliphatic hydroxyl groups is 1. The lowest BCUT2D eigenvalue weighted by Gasteiger charge is -2.17. The highest BCUT2D eigenvalue weighted by Crippen LogP contribution is 2.24. The molecule has 0 bridgehead atoms. The molecule has 0 fully saturated rings. The van der Waals surface area contributed by atoms with Gasteiger partial charge in [0.2, 0.25) is 0 Å². The Bertz CT molecular complexity index is 413. The van der Waals surface area contributed by atoms with Gasteiger partial charge in [-0.15, -0.1) is 0 Å². The predicted octanol–water partition coefficient (Wildman–Crippen LogP) is 0.945. The van der Waals surface area contributed by atoms with Gasteiger partial charge in [-0.05, 0) is 13.0 Å². The van der Waals surface area contributed by atoms with Crippen LogP contribution in [-0.4, -0.2) is 51.4 Å². The number of benzene rings is 1. The number of hydrogen-bond donors (Lipinski definition) is 2. The summed E-state index contributed by atoms with van der Waals surface area (Å²) in [5.41, 5.74) is 6.52. The van der Waals surface area contributed by atoms with Gasteiger partial charge < -0.3 is 29.8 Å². The molecule has 0 spiro atoms. The van der Waals surface area contributed by atoms with Crippen molar-refractivity contribution in [2.24, 2.45) is 5.73 Å². The van der Waals surface area contributed by atoms with Crippen molar-refractivity contribution in [3.8, 4) is 11.5 Å². The SMILES string of the molecule is COCC(C)OCC(O)COc1cc(OC)ccc1CN. The third-order valence-electron chi connectivity index (χ3n) is 2.90. The Balaban J connectivity index is 2.46. The Morgan fingerprint density at radius 3 is 2.57 bits per heavy atom. The minimum atomic E-state index is -0.721. The van der Waals surface area contributed by atoms with Crippen molar-refractivity contribution in [1.29, 1.82) is 0 Å². The predicted molar refractivity (Wildman–Crippen MR) is 79.7 cm³/mol. The Kier molecular flexibility index (Phi) is 8.07. The first kappa shape index (κ1) is 17.7. The van der Waals surface area contributed by atoms with Crippen LogP contribution in [0.3, 0.4) is 0 Å². The first-order valence-electron chi connectivity index (χ1n) is 6.89. The molecule has 1 rings (SSSR count). The summed E-state index contributed by atoms with van der Waals surface area (Å²) in [6, 6.07) is 5.42. The third-order valence-corrected chi connectivity index (χ3v) is 2.90. The van der Waals surface area contributed by atoms with Gasteiger partial charge >= 0.3 is 0 Å². The molecule has 0 radical (unpaired) electrons. The second-order valence-electron chi connectivity index (χ2n) is 4.74. The smallest absolute Gasteiger partial charge is 0.127 e. The molecule has 0 saturated heterocycles. The van der Waals surface area contributed by atoms with E-state index in [-0.39, 0.29) is 19.3 Å². The van der Waals surface area contributed by atoms with Gasteiger partial charge in [-0.25, -0.2) is 0 Å². The van der Waals surface area contributed by atoms with E-state index in [0.717, 1.165) is 5.56 Å². The van der Waals surface area contributed by atoms with Crippen LogP contribution in [0.5, 0.6) is 11.5 Å². The molecule has 0 aromatic heterocycles. The number of methoxy groups -OCH3 is 2. The van der Waals surface area contributed by atoms with Crippen molar-refractivity contribution in [1.82, 2.24) is 0 Å². The molecule has 0 aliphatic carbocycles. The summed E-state index contributed by atoms with van der Waals surface area (Å²) in [5.74, 6) is 1.29. The van der Waals surface area contributed by atoms with Crippen LogP contribution in [0.25, 0.3) is 0 Å². The lowest BCUT2D eigenvalue weighted by molar-refractivity contribution is -0.0423. The van der Waals surface area contributed by atoms with Gasteiger partial charge in [0.25, 0.3) is 0 Å². The Hall–Kier alpha value is -1.34. The van der Waals surface area contributed by atoms with Crippen LogP contribution >= 0.6 is 0 Å². The van der Waals surface area contributed by atoms with E-state index in [9.17, 15) is 5.11 Å². The second-order valence-corrected chi connectivity index (χ2v) is 4.74. The summed E-state index contributed by atoms with van der Waals surface area (Å²) in [4.78, 5) is 0. The van der Waals surface area contributed by atoms with Crippen LogP contribution in [0.15, 0.2) is 18.2 Å². The molecule has 6 nitrogen and oxygen atoms in total. The molecule has 1 aromatic rings. The fourth-order valence-corrected chi connectivity index (χ4v) is 1.76. The summed E-state index contributed by atoms with van der Waals surface area (Å²) in [6.45, 7) is 3.04. The average Bonchev–Trinajstić information content (AvgIpc) is 2.50. The quantitative estimate of drug-likeness (QED) is 0.669. The highest BCUT2D eigenvalue weighted by atomic mass is 16.5. The van der Waals surface area contributed by atoms with Gasteiger partial charge in [-0.1, -0.05) is 6.07 Å². The van der Waals surface area contributed by atoms with E-state index in [2.05, 4.69) is 0 Å². The van der Waals surface area contributed by atoms with E-state index in [4.69, 9.17) is 24.7 Å². The zero-order valence-electron chi connectivity index (χ0n) is 12.9. The molecule has 1 aromatic carbocycles. The number of aliphatic hydroxyl groups excluding tert-OH is 1. The van der Waals surface area contributed by atoms with Gasteiger partial charge in [0.15, 0.2) is 0 Å². The molecular formula is C15H25NO5. The summed E-state index contributed by atoms with van der Waals surface area (Å²) in [6.07, 6.45) is -0.790. The lowest BCUT2D eigenvalue weighted by Crippen LogP contribution is -2.27. The molecule has 0 aliphatic heterocycles. The lowest BCUT2D eigenvalue weighted by atomic mass is 10.2. The van der Waals surface area contributed by atoms with Crippen molar-refractivity contribution in [3.63, 3.8) is 0 Å². The molecule has 0 amide bonds. The standard InChI is InChI=1S/C15H25NO5/c1-11(8-18-2)20-9-13(17)10-21-15-6-14(19-3)5-4-12(15)7-16/h4-6,11,13,17H,7-10,16H2,1-3H3. The topological polar surface area (TPSA) is 83.2 Å². The first-order valence-corrected chi connectivity index (χ1v) is 6.89. The number of hydrogen-bond acceptors (Lipinski definition) is 6. The highest BCUT2D eigenvalue weighted by molar-refractivity contribution is 5.40. The second kappa shape index (κ2) is 9.57. The maximum atomic E-state index is 9.86. The third kappa shape index (κ3) is 6.31. The van der Waals surface area contributed by atoms with E-state index in [1.807, 2.05) is 19.1 Å². The van der Waals surface area contributed by atoms with Gasteiger partial charge in [0, 0.05) is 25.3 Å². The molecular weight excluding hydrogens is 274 g/mol. The minimum absolute atomic E-state index is 0.0685. The summed E-state index contributed by atoms with van der Waals surface area (Å²) in [7, 11) is 3.19. The molecule has 0 heterocycles. The number of ether oxygens (including phenoxy) is 4. The summed E-state index contributed by atoms with van der Waals surface area (Å²) in [5, 5.41) is 9.86. The van der Waals surface area contributed by atoms with E-state index < -0.39 is 6.10 Å². The zero-order valence-corrected chi connectivity index (χ0v) is 12.9. The van der Waals surface area contributed by atoms with Gasteiger partial charge in [-0.3, -0.25) is 0 Å². The summed E-state index contributed by atoms with van der Waals surface area (Å²) >= 11 is 0. The van der Waals surface area contributed by atoms with Gasteiger partial charge in [-0.2, -0.15) is 0 Å². The maximum absolute atomic E-state index is 9.86. The maximum Gasteiger partial charge on any atom is 0.127 e. The van der Waals surface area contributed by atoms with E-state index in [1.165, 1.54) is 0 Å². The van der Waals surface area contributed by atoms with Crippen molar-refractivity contribution in [2.75, 3.05) is 34.0 Å². The van der Waals surface area contributed by atoms with Gasteiger partial charge in [0.1, 0.15) is 24.2 Å². The van der Waals surface area contributed by atoms with Crippen molar-refractivity contribution < 1.29 is 24.1 Å². The Labute approximate surface area is 125 Å². The van der Waals surface area contributed by atoms with Crippen molar-refractivity contribution >= 4 is 0 Å². The number of rotatable bonds is 10. The van der Waals surface area contributed by atoms with Crippen molar-refractivity contribution in [2.45, 2.75) is 25.7 Å². The van der Waals surface area contributed by atoms with Crippen LogP contribution in [-0.2, 0) is 16.0 Å². The van der Waals surface area contributed by atoms with Crippen LogP contribution in [0, 0.1) is 0 Å². The monoisotopic (exact) mass is 299 g/mol. The van der Waals surface area contributed by atoms with Crippen LogP contribution in [0.1, 0.15) is 12.5 Å². The van der Waals surface area contributed by atoms with Crippen LogP contribution in [0.2, 0.25) is 0 Å². The van der Waals surface area contributed by atoms with E-state index in [0.29, 0.717) is 24.7 Å². The molecule has 3 N–H and O–H groups in total. The van der Waals surface area contributed by atoms with E-state index in [1.54, 1.807) is 20.3 Å². The highest BCUT2D eigenvalue weighted by Gasteiger charge is 2.11. The molecule has 0 saturated carbocycles. The van der Waals surface area contributed by atoms with E-state index >= 15 is 0 Å². The average molecular weight is 299 g/mol. The molecule has 2 unspecified atom stereocenters. The Morgan fingerprint density at radius 2 is 1.95 bits per heavy atom. The molecule has 6 heteroatoms. The van der Waals surface area contributed by atoms with Gasteiger partial charge in [0.05, 0.1) is 26.4 Å². The fourth-order valence-electron chi connectivity index (χ4n) is 1.76. The number of nitrogens with two attached hydrogens (primary N) is 1. The largest absolute Gasteiger partial charge is 0.497 e. The molecule has 2 atom stereocenters. The zero-order chi connectivity index (χ0) is 15.7. The fraction of sp³-hybridized carbons (Fsp3) is 0.600. The molecule has 21 heavy (non-hydrogen) atoms. The molecule has 120 valence electrons.